The third kappa shape index (κ3) is 4.73. The monoisotopic (exact) mass is 400 g/mol. The minimum atomic E-state index is 0.0245. The van der Waals surface area contributed by atoms with Crippen LogP contribution >= 0.6 is 0 Å². The van der Waals surface area contributed by atoms with Crippen LogP contribution in [0.3, 0.4) is 0 Å². The van der Waals surface area contributed by atoms with E-state index in [0.717, 1.165) is 50.0 Å². The molecule has 0 saturated carbocycles. The molecule has 4 heterocycles. The molecule has 0 unspecified atom stereocenters. The van der Waals surface area contributed by atoms with E-state index in [1.54, 1.807) is 19.5 Å². The van der Waals surface area contributed by atoms with E-state index in [9.17, 15) is 4.79 Å². The number of aromatic nitrogens is 3. The maximum absolute atomic E-state index is 12.9. The van der Waals surface area contributed by atoms with Crippen LogP contribution < -0.4 is 4.90 Å². The lowest BCUT2D eigenvalue weighted by Gasteiger charge is -2.34. The van der Waals surface area contributed by atoms with Gasteiger partial charge in [-0.15, -0.1) is 0 Å². The predicted molar refractivity (Wildman–Crippen MR) is 106 cm³/mol. The zero-order valence-electron chi connectivity index (χ0n) is 17.0. The van der Waals surface area contributed by atoms with Gasteiger partial charge in [-0.25, -0.2) is 9.97 Å². The van der Waals surface area contributed by atoms with Crippen molar-refractivity contribution in [3.05, 3.63) is 36.0 Å². The Balaban J connectivity index is 1.27. The maximum Gasteiger partial charge on any atom is 0.236 e. The lowest BCUT2D eigenvalue weighted by Crippen LogP contribution is -2.50. The lowest BCUT2D eigenvalue weighted by atomic mass is 10.0. The number of hydrogen-bond donors (Lipinski definition) is 0. The van der Waals surface area contributed by atoms with Gasteiger partial charge in [0.2, 0.25) is 11.9 Å². The lowest BCUT2D eigenvalue weighted by molar-refractivity contribution is -0.131. The predicted octanol–water partition coefficient (Wildman–Crippen LogP) is 0.611. The first-order valence-electron chi connectivity index (χ1n) is 10.1. The second-order valence-corrected chi connectivity index (χ2v) is 7.78. The molecule has 0 spiro atoms. The summed E-state index contributed by atoms with van der Waals surface area (Å²) in [6.07, 6.45) is 4.28. The van der Waals surface area contributed by atoms with Gasteiger partial charge in [-0.3, -0.25) is 9.69 Å². The van der Waals surface area contributed by atoms with E-state index in [4.69, 9.17) is 9.26 Å². The van der Waals surface area contributed by atoms with Crippen LogP contribution in [0.5, 0.6) is 0 Å². The SMILES string of the molecule is CO[C@H]1CN(C(=O)CN2CCN(c3ncccn3)CC2)C[C@H]1Cc1cc(C)no1. The highest BCUT2D eigenvalue weighted by Gasteiger charge is 2.36. The van der Waals surface area contributed by atoms with Crippen molar-refractivity contribution in [3.8, 4) is 0 Å². The molecular formula is C20H28N6O3. The van der Waals surface area contributed by atoms with Crippen LogP contribution in [0.4, 0.5) is 5.95 Å². The van der Waals surface area contributed by atoms with Gasteiger partial charge in [0, 0.05) is 77.2 Å². The average Bonchev–Trinajstić information content (AvgIpc) is 3.35. The summed E-state index contributed by atoms with van der Waals surface area (Å²) in [6, 6.07) is 3.77. The Hall–Kier alpha value is -2.52. The molecule has 156 valence electrons. The zero-order chi connectivity index (χ0) is 20.2. The molecule has 0 radical (unpaired) electrons. The maximum atomic E-state index is 12.9. The molecular weight excluding hydrogens is 372 g/mol. The van der Waals surface area contributed by atoms with Crippen LogP contribution in [0.15, 0.2) is 29.0 Å². The number of hydrogen-bond acceptors (Lipinski definition) is 8. The summed E-state index contributed by atoms with van der Waals surface area (Å²) in [4.78, 5) is 27.8. The topological polar surface area (TPSA) is 87.8 Å². The molecule has 0 bridgehead atoms. The summed E-state index contributed by atoms with van der Waals surface area (Å²) in [6.45, 7) is 6.97. The van der Waals surface area contributed by atoms with Gasteiger partial charge < -0.3 is 19.1 Å². The minimum Gasteiger partial charge on any atom is -0.379 e. The van der Waals surface area contributed by atoms with Crippen molar-refractivity contribution in [2.75, 3.05) is 57.8 Å². The number of aryl methyl sites for hydroxylation is 1. The van der Waals surface area contributed by atoms with Gasteiger partial charge in [0.25, 0.3) is 0 Å². The molecule has 2 fully saturated rings. The number of likely N-dealkylation sites (tertiary alicyclic amines) is 1. The van der Waals surface area contributed by atoms with Gasteiger partial charge in [0.1, 0.15) is 5.76 Å². The van der Waals surface area contributed by atoms with E-state index in [0.29, 0.717) is 19.6 Å². The van der Waals surface area contributed by atoms with Gasteiger partial charge in [-0.1, -0.05) is 5.16 Å². The third-order valence-corrected chi connectivity index (χ3v) is 5.74. The van der Waals surface area contributed by atoms with Gasteiger partial charge >= 0.3 is 0 Å². The largest absolute Gasteiger partial charge is 0.379 e. The number of carbonyl (C=O) groups is 1. The van der Waals surface area contributed by atoms with Crippen molar-refractivity contribution in [3.63, 3.8) is 0 Å². The first kappa shape index (κ1) is 19.8. The standard InChI is InChI=1S/C20H28N6O3/c1-15-10-17(29-23-15)11-16-12-26(13-18(16)28-2)19(27)14-24-6-8-25(9-7-24)20-21-4-3-5-22-20/h3-5,10,16,18H,6-9,11-14H2,1-2H3/t16-,18+/m1/s1. The fourth-order valence-corrected chi connectivity index (χ4v) is 4.13. The number of amides is 1. The molecule has 2 aromatic rings. The fraction of sp³-hybridized carbons (Fsp3) is 0.600. The number of ether oxygens (including phenoxy) is 1. The highest BCUT2D eigenvalue weighted by atomic mass is 16.5. The van der Waals surface area contributed by atoms with Crippen LogP contribution in [0.1, 0.15) is 11.5 Å². The summed E-state index contributed by atoms with van der Waals surface area (Å²) in [5, 5.41) is 3.95. The van der Waals surface area contributed by atoms with Gasteiger partial charge in [0.05, 0.1) is 18.3 Å². The highest BCUT2D eigenvalue weighted by Crippen LogP contribution is 2.24. The summed E-state index contributed by atoms with van der Waals surface area (Å²) in [5.74, 6) is 1.99. The summed E-state index contributed by atoms with van der Waals surface area (Å²) < 4.78 is 11.0. The molecule has 2 aliphatic heterocycles. The number of piperazine rings is 1. The van der Waals surface area contributed by atoms with Crippen LogP contribution in [0, 0.1) is 12.8 Å². The second kappa shape index (κ2) is 8.87. The Labute approximate surface area is 170 Å². The van der Waals surface area contributed by atoms with Gasteiger partial charge in [-0.2, -0.15) is 0 Å². The first-order chi connectivity index (χ1) is 14.1. The minimum absolute atomic E-state index is 0.0245. The van der Waals surface area contributed by atoms with Crippen molar-refractivity contribution in [1.29, 1.82) is 0 Å². The van der Waals surface area contributed by atoms with Crippen molar-refractivity contribution in [1.82, 2.24) is 24.9 Å². The van der Waals surface area contributed by atoms with E-state index < -0.39 is 0 Å². The van der Waals surface area contributed by atoms with Gasteiger partial charge in [0.15, 0.2) is 0 Å². The molecule has 9 heteroatoms. The molecule has 29 heavy (non-hydrogen) atoms. The molecule has 0 aromatic carbocycles. The molecule has 2 saturated heterocycles. The first-order valence-corrected chi connectivity index (χ1v) is 10.1. The Morgan fingerprint density at radius 3 is 2.62 bits per heavy atom. The summed E-state index contributed by atoms with van der Waals surface area (Å²) in [7, 11) is 1.71. The Morgan fingerprint density at radius 1 is 1.21 bits per heavy atom. The Kier molecular flexibility index (Phi) is 6.05. The molecule has 2 aromatic heterocycles. The quantitative estimate of drug-likeness (QED) is 0.697. The van der Waals surface area contributed by atoms with E-state index in [-0.39, 0.29) is 17.9 Å². The zero-order valence-corrected chi connectivity index (χ0v) is 17.0. The number of nitrogens with zero attached hydrogens (tertiary/aromatic N) is 6. The van der Waals surface area contributed by atoms with Crippen molar-refractivity contribution in [2.24, 2.45) is 5.92 Å². The normalized spacial score (nSPS) is 23.0. The smallest absolute Gasteiger partial charge is 0.236 e. The van der Waals surface area contributed by atoms with Crippen LogP contribution in [-0.2, 0) is 16.0 Å². The molecule has 2 aliphatic rings. The van der Waals surface area contributed by atoms with E-state index in [1.807, 2.05) is 24.0 Å². The molecule has 0 aliphatic carbocycles. The second-order valence-electron chi connectivity index (χ2n) is 7.78. The van der Waals surface area contributed by atoms with Crippen LogP contribution in [0.25, 0.3) is 0 Å². The number of methoxy groups -OCH3 is 1. The van der Waals surface area contributed by atoms with Crippen LogP contribution in [0.2, 0.25) is 0 Å². The van der Waals surface area contributed by atoms with Crippen molar-refractivity contribution >= 4 is 11.9 Å². The Morgan fingerprint density at radius 2 is 1.97 bits per heavy atom. The highest BCUT2D eigenvalue weighted by molar-refractivity contribution is 5.78. The fourth-order valence-electron chi connectivity index (χ4n) is 4.13. The van der Waals surface area contributed by atoms with E-state index >= 15 is 0 Å². The molecule has 0 N–H and O–H groups in total. The van der Waals surface area contributed by atoms with E-state index in [2.05, 4.69) is 24.9 Å². The summed E-state index contributed by atoms with van der Waals surface area (Å²) >= 11 is 0. The molecule has 2 atom stereocenters. The number of rotatable bonds is 6. The molecule has 1 amide bonds. The van der Waals surface area contributed by atoms with E-state index in [1.165, 1.54) is 0 Å². The molecule has 4 rings (SSSR count). The molecule has 9 nitrogen and oxygen atoms in total. The van der Waals surface area contributed by atoms with Crippen molar-refractivity contribution in [2.45, 2.75) is 19.4 Å². The number of anilines is 1. The summed E-state index contributed by atoms with van der Waals surface area (Å²) in [5.41, 5.74) is 0.875. The van der Waals surface area contributed by atoms with Crippen molar-refractivity contribution < 1.29 is 14.1 Å². The Bertz CT molecular complexity index is 806. The third-order valence-electron chi connectivity index (χ3n) is 5.74. The van der Waals surface area contributed by atoms with Gasteiger partial charge in [-0.05, 0) is 13.0 Å². The average molecular weight is 400 g/mol. The number of carbonyl (C=O) groups excluding carboxylic acids is 1. The van der Waals surface area contributed by atoms with Crippen LogP contribution in [-0.4, -0.2) is 89.9 Å².